The molecule has 12 rings (SSSR count). The second-order valence-electron chi connectivity index (χ2n) is 18.6. The van der Waals surface area contributed by atoms with Crippen LogP contribution in [-0.4, -0.2) is 48.9 Å². The van der Waals surface area contributed by atoms with E-state index in [1.807, 2.05) is 205 Å². The van der Waals surface area contributed by atoms with Crippen molar-refractivity contribution in [3.63, 3.8) is 0 Å². The van der Waals surface area contributed by atoms with E-state index in [2.05, 4.69) is 139 Å². The van der Waals surface area contributed by atoms with Crippen molar-refractivity contribution in [1.82, 2.24) is 48.9 Å². The van der Waals surface area contributed by atoms with E-state index >= 15 is 0 Å². The van der Waals surface area contributed by atoms with Gasteiger partial charge in [0.1, 0.15) is 0 Å². The maximum absolute atomic E-state index is 5.33. The van der Waals surface area contributed by atoms with E-state index in [9.17, 15) is 0 Å². The van der Waals surface area contributed by atoms with Crippen molar-refractivity contribution < 1.29 is 108 Å². The van der Waals surface area contributed by atoms with Gasteiger partial charge < -0.3 is 0 Å². The molecule has 0 N–H and O–H groups in total. The summed E-state index contributed by atoms with van der Waals surface area (Å²) >= 11 is 0. The van der Waals surface area contributed by atoms with E-state index in [1.54, 1.807) is 4.68 Å². The molecule has 15 heteroatoms. The molecule has 0 saturated heterocycles. The van der Waals surface area contributed by atoms with Crippen molar-refractivity contribution in [2.24, 2.45) is 0 Å². The predicted molar refractivity (Wildman–Crippen MR) is 318 cm³/mol. The number of hydrogen-bond donors (Lipinski definition) is 0. The van der Waals surface area contributed by atoms with Gasteiger partial charge in [0, 0.05) is 150 Å². The summed E-state index contributed by atoms with van der Waals surface area (Å²) in [6.07, 6.45) is 15.3. The summed E-state index contributed by atoms with van der Waals surface area (Å²) in [4.78, 5) is 0. The second kappa shape index (κ2) is 35.0. The smallest absolute Gasteiger partial charge is 0.0955 e. The number of aromatic nitrogens is 10. The van der Waals surface area contributed by atoms with Gasteiger partial charge >= 0.3 is 0 Å². The third kappa shape index (κ3) is 19.9. The molecule has 0 spiro atoms. The van der Waals surface area contributed by atoms with Crippen LogP contribution >= 0.6 is 0 Å². The van der Waals surface area contributed by atoms with Gasteiger partial charge in [-0.3, -0.25) is 23.4 Å². The van der Waals surface area contributed by atoms with Crippen molar-refractivity contribution in [3.05, 3.63) is 287 Å². The first kappa shape index (κ1) is 70.9. The van der Waals surface area contributed by atoms with Crippen molar-refractivity contribution >= 4 is 0 Å². The van der Waals surface area contributed by atoms with Gasteiger partial charge in [0.25, 0.3) is 0 Å². The number of hydrogen-bond acceptors (Lipinski definition) is 5. The first-order valence-electron chi connectivity index (χ1n) is 25.5. The number of terminal acetylenes is 1. The Morgan fingerprint density at radius 2 is 0.711 bits per heavy atom. The van der Waals surface area contributed by atoms with E-state index in [4.69, 9.17) is 6.42 Å². The Kier molecular flexibility index (Phi) is 29.9. The van der Waals surface area contributed by atoms with Gasteiger partial charge in [-0.1, -0.05) is 80.4 Å². The number of aryl methyl sites for hydroxylation is 9. The molecule has 0 amide bonds. The Morgan fingerprint density at radius 1 is 0.349 bits per heavy atom. The van der Waals surface area contributed by atoms with Crippen LogP contribution in [0.25, 0.3) is 50.8 Å². The van der Waals surface area contributed by atoms with Crippen molar-refractivity contribution in [1.29, 1.82) is 0 Å². The minimum Gasteiger partial charge on any atom is -0.265 e. The molecule has 442 valence electrons. The molecule has 7 aromatic carbocycles. The molecule has 5 heterocycles. The largest absolute Gasteiger partial charge is 0.265 e. The molecule has 0 bridgehead atoms. The molecule has 5 aromatic heterocycles. The fourth-order valence-corrected chi connectivity index (χ4v) is 7.99. The molecular weight excluding hydrogens is 1930 g/mol. The third-order valence-electron chi connectivity index (χ3n) is 12.5. The Hall–Kier alpha value is -6.41. The molecule has 83 heavy (non-hydrogen) atoms. The van der Waals surface area contributed by atoms with Crippen molar-refractivity contribution in [2.75, 3.05) is 0 Å². The molecular formula is C68H65N10Pt5-5. The molecule has 0 fully saturated rings. The van der Waals surface area contributed by atoms with E-state index in [0.29, 0.717) is 0 Å². The summed E-state index contributed by atoms with van der Waals surface area (Å²) in [5.41, 5.74) is 20.2. The molecule has 0 saturated carbocycles. The number of para-hydroxylation sites is 3. The van der Waals surface area contributed by atoms with E-state index in [-0.39, 0.29) is 108 Å². The molecule has 0 aliphatic carbocycles. The molecule has 12 aromatic rings. The van der Waals surface area contributed by atoms with Crippen LogP contribution in [0.1, 0.15) is 59.0 Å². The molecule has 0 radical (unpaired) electrons. The summed E-state index contributed by atoms with van der Waals surface area (Å²) in [5.74, 6) is 2.59. The van der Waals surface area contributed by atoms with Crippen molar-refractivity contribution in [2.45, 2.75) is 62.3 Å². The van der Waals surface area contributed by atoms with Crippen LogP contribution in [0.2, 0.25) is 0 Å². The minimum absolute atomic E-state index is 0. The van der Waals surface area contributed by atoms with Crippen LogP contribution in [0.3, 0.4) is 0 Å². The Balaban J connectivity index is 0.000000526. The van der Waals surface area contributed by atoms with Gasteiger partial charge in [-0.05, 0) is 99.2 Å². The zero-order valence-electron chi connectivity index (χ0n) is 47.2. The van der Waals surface area contributed by atoms with Gasteiger partial charge in [-0.25, -0.2) is 0 Å². The van der Waals surface area contributed by atoms with Gasteiger partial charge in [-0.2, -0.15) is 146 Å². The average molecular weight is 2000 g/mol. The monoisotopic (exact) mass is 2000 g/mol. The second-order valence-corrected chi connectivity index (χ2v) is 18.6. The fourth-order valence-electron chi connectivity index (χ4n) is 7.99. The Labute approximate surface area is 564 Å². The van der Waals surface area contributed by atoms with E-state index in [0.717, 1.165) is 73.6 Å². The maximum atomic E-state index is 5.33. The molecule has 0 atom stereocenters. The number of rotatable bonds is 7. The SMILES string of the molecule is C#Cc1cn(-c2[c-]cccc2)nc1C.Cc1cc[c-]c(-n2cc(-c3ccccc3)c(C)n2)c1.Cc1cc[c-]c(-n2cc(C)c(-c3ccccc3)n2)c1.Cc1cn(-c2[c-]cccc2)nc1C.Cc1cn(-c2[c-]cccc2)nc1C.[HH].[HH].[Pt].[Pt].[Pt].[Pt].[Pt]. The van der Waals surface area contributed by atoms with Gasteiger partial charge in [0.2, 0.25) is 0 Å². The molecule has 0 unspecified atom stereocenters. The minimum atomic E-state index is 0. The zero-order valence-corrected chi connectivity index (χ0v) is 58.5. The van der Waals surface area contributed by atoms with Gasteiger partial charge in [0.05, 0.1) is 34.0 Å². The molecule has 10 nitrogen and oxygen atoms in total. The van der Waals surface area contributed by atoms with Crippen LogP contribution in [0.5, 0.6) is 0 Å². The topological polar surface area (TPSA) is 89.1 Å². The van der Waals surface area contributed by atoms with Crippen molar-refractivity contribution in [3.8, 4) is 63.2 Å². The van der Waals surface area contributed by atoms with Crippen LogP contribution in [-0.2, 0) is 105 Å². The quantitative estimate of drug-likeness (QED) is 0.117. The molecule has 0 aliphatic heterocycles. The van der Waals surface area contributed by atoms with Gasteiger partial charge in [0.15, 0.2) is 0 Å². The predicted octanol–water partition coefficient (Wildman–Crippen LogP) is 14.9. The fraction of sp³-hybridized carbons (Fsp3) is 0.132. The first-order chi connectivity index (χ1) is 37.8. The van der Waals surface area contributed by atoms with Gasteiger partial charge in [-0.15, -0.1) is 36.8 Å². The van der Waals surface area contributed by atoms with Crippen LogP contribution in [0.4, 0.5) is 0 Å². The van der Waals surface area contributed by atoms with E-state index < -0.39 is 0 Å². The summed E-state index contributed by atoms with van der Waals surface area (Å²) in [5, 5.41) is 22.3. The van der Waals surface area contributed by atoms with Crippen LogP contribution < -0.4 is 0 Å². The van der Waals surface area contributed by atoms with Crippen LogP contribution in [0.15, 0.2) is 201 Å². The Morgan fingerprint density at radius 3 is 1.10 bits per heavy atom. The third-order valence-corrected chi connectivity index (χ3v) is 12.5. The molecule has 0 aliphatic rings. The van der Waals surface area contributed by atoms with Crippen LogP contribution in [0, 0.1) is 105 Å². The Bertz CT molecular complexity index is 3630. The number of nitrogens with zero attached hydrogens (tertiary/aromatic N) is 10. The summed E-state index contributed by atoms with van der Waals surface area (Å²) in [6, 6.07) is 71.8. The van der Waals surface area contributed by atoms with E-state index in [1.165, 1.54) is 33.4 Å². The summed E-state index contributed by atoms with van der Waals surface area (Å²) in [7, 11) is 0. The summed E-state index contributed by atoms with van der Waals surface area (Å²) in [6.45, 7) is 18.3. The zero-order chi connectivity index (χ0) is 55.0. The standard InChI is InChI=1S/2C17H15N2.C12H9N2.2C11H11N2.5Pt.2H2/c1-13-7-6-10-16(11-13)19-12-17(14(2)18-19)15-8-4-3-5-9-15;1-13-7-6-10-16(11-13)19-12-14(2)17(18-19)15-8-4-3-5-9-15;1-3-11-9-14(13-10(11)2)12-7-5-4-6-8-12;2*1-9-8-13(12-10(9)2)11-6-4-3-5-7-11;;;;;;;/h2*3-9,11-12H,1-2H3;1,4-7,9H,2H3;2*3-6,8H,1-2H3;;;;;;2*1H/q5*-1;;;;;;;. The first-order valence-corrected chi connectivity index (χ1v) is 25.5. The maximum Gasteiger partial charge on any atom is 0.0955 e. The number of benzene rings is 7. The summed E-state index contributed by atoms with van der Waals surface area (Å²) < 4.78 is 9.23. The average Bonchev–Trinajstić information content (AvgIpc) is 4.46. The normalized spacial score (nSPS) is 9.73.